The Morgan fingerprint density at radius 1 is 0.909 bits per heavy atom. The average Bonchev–Trinajstić information content (AvgIpc) is 3.05. The molecule has 3 rings (SSSR count). The highest BCUT2D eigenvalue weighted by Gasteiger charge is 2.07. The summed E-state index contributed by atoms with van der Waals surface area (Å²) in [7, 11) is 1.68. The standard InChI is InChI=1S/C19H19NOS/c1-13(2)14-4-6-16(7-5-14)19-20-18(12-22-19)15-8-10-17(21-3)11-9-15/h4-13H,1-3H3. The van der Waals surface area contributed by atoms with Gasteiger partial charge in [-0.1, -0.05) is 38.1 Å². The molecule has 0 N–H and O–H groups in total. The van der Waals surface area contributed by atoms with E-state index in [0.717, 1.165) is 22.0 Å². The molecule has 0 atom stereocenters. The molecule has 2 nitrogen and oxygen atoms in total. The van der Waals surface area contributed by atoms with Crippen LogP contribution in [0.3, 0.4) is 0 Å². The largest absolute Gasteiger partial charge is 0.497 e. The van der Waals surface area contributed by atoms with Crippen molar-refractivity contribution in [2.75, 3.05) is 7.11 Å². The second-order valence-corrected chi connectivity index (χ2v) is 6.40. The number of methoxy groups -OCH3 is 1. The second kappa shape index (κ2) is 6.32. The summed E-state index contributed by atoms with van der Waals surface area (Å²) >= 11 is 1.68. The van der Waals surface area contributed by atoms with E-state index in [1.807, 2.05) is 24.3 Å². The molecule has 0 aliphatic heterocycles. The van der Waals surface area contributed by atoms with Gasteiger partial charge in [-0.05, 0) is 35.7 Å². The quantitative estimate of drug-likeness (QED) is 0.625. The zero-order valence-electron chi connectivity index (χ0n) is 13.0. The van der Waals surface area contributed by atoms with Gasteiger partial charge >= 0.3 is 0 Å². The fourth-order valence-corrected chi connectivity index (χ4v) is 3.15. The number of thiazole rings is 1. The van der Waals surface area contributed by atoms with Crippen LogP contribution in [0.25, 0.3) is 21.8 Å². The molecular weight excluding hydrogens is 290 g/mol. The molecule has 0 aliphatic carbocycles. The lowest BCUT2D eigenvalue weighted by atomic mass is 10.0. The van der Waals surface area contributed by atoms with Gasteiger partial charge in [0.15, 0.2) is 0 Å². The van der Waals surface area contributed by atoms with Gasteiger partial charge in [0.05, 0.1) is 12.8 Å². The van der Waals surface area contributed by atoms with E-state index in [1.54, 1.807) is 18.4 Å². The molecule has 22 heavy (non-hydrogen) atoms. The van der Waals surface area contributed by atoms with Crippen molar-refractivity contribution < 1.29 is 4.74 Å². The summed E-state index contributed by atoms with van der Waals surface area (Å²) in [6, 6.07) is 16.7. The van der Waals surface area contributed by atoms with Crippen molar-refractivity contribution >= 4 is 11.3 Å². The fourth-order valence-electron chi connectivity index (χ4n) is 2.31. The third kappa shape index (κ3) is 3.04. The van der Waals surface area contributed by atoms with Gasteiger partial charge in [0.25, 0.3) is 0 Å². The maximum Gasteiger partial charge on any atom is 0.124 e. The highest BCUT2D eigenvalue weighted by atomic mass is 32.1. The van der Waals surface area contributed by atoms with E-state index < -0.39 is 0 Å². The number of rotatable bonds is 4. The molecule has 2 aromatic carbocycles. The molecule has 0 saturated heterocycles. The first kappa shape index (κ1) is 14.8. The van der Waals surface area contributed by atoms with Gasteiger partial charge in [-0.2, -0.15) is 0 Å². The van der Waals surface area contributed by atoms with Crippen LogP contribution in [0.2, 0.25) is 0 Å². The molecule has 0 saturated carbocycles. The van der Waals surface area contributed by atoms with Gasteiger partial charge in [-0.25, -0.2) is 4.98 Å². The lowest BCUT2D eigenvalue weighted by molar-refractivity contribution is 0.415. The van der Waals surface area contributed by atoms with Crippen molar-refractivity contribution in [3.63, 3.8) is 0 Å². The molecule has 1 aromatic heterocycles. The van der Waals surface area contributed by atoms with E-state index >= 15 is 0 Å². The van der Waals surface area contributed by atoms with Gasteiger partial charge in [0, 0.05) is 16.5 Å². The number of hydrogen-bond acceptors (Lipinski definition) is 3. The first-order valence-electron chi connectivity index (χ1n) is 7.37. The second-order valence-electron chi connectivity index (χ2n) is 5.54. The Bertz CT molecular complexity index is 742. The maximum atomic E-state index is 5.19. The van der Waals surface area contributed by atoms with Crippen molar-refractivity contribution in [2.24, 2.45) is 0 Å². The number of aromatic nitrogens is 1. The Balaban J connectivity index is 1.86. The number of hydrogen-bond donors (Lipinski definition) is 0. The lowest BCUT2D eigenvalue weighted by Gasteiger charge is -2.05. The highest BCUT2D eigenvalue weighted by molar-refractivity contribution is 7.13. The summed E-state index contributed by atoms with van der Waals surface area (Å²) in [5.41, 5.74) is 4.66. The van der Waals surface area contributed by atoms with Crippen LogP contribution >= 0.6 is 11.3 Å². The predicted molar refractivity (Wildman–Crippen MR) is 93.6 cm³/mol. The van der Waals surface area contributed by atoms with Gasteiger partial charge in [0.2, 0.25) is 0 Å². The Morgan fingerprint density at radius 3 is 2.14 bits per heavy atom. The zero-order valence-corrected chi connectivity index (χ0v) is 13.9. The summed E-state index contributed by atoms with van der Waals surface area (Å²) in [6.07, 6.45) is 0. The molecular formula is C19H19NOS. The van der Waals surface area contributed by atoms with E-state index in [2.05, 4.69) is 43.5 Å². The van der Waals surface area contributed by atoms with Crippen LogP contribution in [0.4, 0.5) is 0 Å². The zero-order chi connectivity index (χ0) is 15.5. The molecule has 0 radical (unpaired) electrons. The van der Waals surface area contributed by atoms with Gasteiger partial charge in [-0.15, -0.1) is 11.3 Å². The molecule has 0 unspecified atom stereocenters. The lowest BCUT2D eigenvalue weighted by Crippen LogP contribution is -1.86. The first-order chi connectivity index (χ1) is 10.7. The normalized spacial score (nSPS) is 10.9. The number of nitrogens with zero attached hydrogens (tertiary/aromatic N) is 1. The highest BCUT2D eigenvalue weighted by Crippen LogP contribution is 2.30. The summed E-state index contributed by atoms with van der Waals surface area (Å²) < 4.78 is 5.19. The van der Waals surface area contributed by atoms with Crippen LogP contribution in [0.1, 0.15) is 25.3 Å². The maximum absolute atomic E-state index is 5.19. The predicted octanol–water partition coefficient (Wildman–Crippen LogP) is 5.61. The van der Waals surface area contributed by atoms with Crippen LogP contribution in [-0.4, -0.2) is 12.1 Å². The van der Waals surface area contributed by atoms with Gasteiger partial charge < -0.3 is 4.74 Å². The van der Waals surface area contributed by atoms with E-state index in [-0.39, 0.29) is 0 Å². The fraction of sp³-hybridized carbons (Fsp3) is 0.211. The van der Waals surface area contributed by atoms with Crippen molar-refractivity contribution in [3.05, 3.63) is 59.5 Å². The van der Waals surface area contributed by atoms with Gasteiger partial charge in [0.1, 0.15) is 10.8 Å². The molecule has 0 aliphatic rings. The topological polar surface area (TPSA) is 22.1 Å². The number of ether oxygens (including phenoxy) is 1. The third-order valence-electron chi connectivity index (χ3n) is 3.71. The van der Waals surface area contributed by atoms with Crippen molar-refractivity contribution in [2.45, 2.75) is 19.8 Å². The van der Waals surface area contributed by atoms with Crippen molar-refractivity contribution in [3.8, 4) is 27.6 Å². The Kier molecular flexibility index (Phi) is 4.25. The monoisotopic (exact) mass is 309 g/mol. The van der Waals surface area contributed by atoms with E-state index in [1.165, 1.54) is 11.1 Å². The molecule has 0 bridgehead atoms. The minimum Gasteiger partial charge on any atom is -0.497 e. The average molecular weight is 309 g/mol. The molecule has 0 fully saturated rings. The Morgan fingerprint density at radius 2 is 1.55 bits per heavy atom. The summed E-state index contributed by atoms with van der Waals surface area (Å²) in [5.74, 6) is 1.42. The van der Waals surface area contributed by atoms with Crippen LogP contribution in [0, 0.1) is 0 Å². The molecule has 0 spiro atoms. The third-order valence-corrected chi connectivity index (χ3v) is 4.61. The van der Waals surface area contributed by atoms with Crippen LogP contribution < -0.4 is 4.74 Å². The summed E-state index contributed by atoms with van der Waals surface area (Å²) in [4.78, 5) is 4.76. The molecule has 112 valence electrons. The van der Waals surface area contributed by atoms with Crippen LogP contribution in [0.5, 0.6) is 5.75 Å². The Labute approximate surface area is 135 Å². The molecule has 3 heteroatoms. The minimum absolute atomic E-state index is 0.556. The molecule has 0 amide bonds. The van der Waals surface area contributed by atoms with Crippen LogP contribution in [-0.2, 0) is 0 Å². The first-order valence-corrected chi connectivity index (χ1v) is 8.25. The summed E-state index contributed by atoms with van der Waals surface area (Å²) in [5, 5.41) is 3.16. The van der Waals surface area contributed by atoms with Crippen LogP contribution in [0.15, 0.2) is 53.9 Å². The van der Waals surface area contributed by atoms with E-state index in [9.17, 15) is 0 Å². The number of benzene rings is 2. The minimum atomic E-state index is 0.556. The van der Waals surface area contributed by atoms with Crippen molar-refractivity contribution in [1.82, 2.24) is 4.98 Å². The van der Waals surface area contributed by atoms with Gasteiger partial charge in [-0.3, -0.25) is 0 Å². The smallest absolute Gasteiger partial charge is 0.124 e. The summed E-state index contributed by atoms with van der Waals surface area (Å²) in [6.45, 7) is 4.42. The SMILES string of the molecule is COc1ccc(-c2csc(-c3ccc(C(C)C)cc3)n2)cc1. The van der Waals surface area contributed by atoms with Crippen molar-refractivity contribution in [1.29, 1.82) is 0 Å². The Hall–Kier alpha value is -2.13. The molecule has 3 aromatic rings. The molecule has 1 heterocycles. The van der Waals surface area contributed by atoms with E-state index in [0.29, 0.717) is 5.92 Å². The van der Waals surface area contributed by atoms with E-state index in [4.69, 9.17) is 9.72 Å².